The van der Waals surface area contributed by atoms with Gasteiger partial charge in [-0.05, 0) is 81.7 Å². The lowest BCUT2D eigenvalue weighted by Crippen LogP contribution is -2.32. The Morgan fingerprint density at radius 3 is 2.56 bits per heavy atom. The third-order valence-corrected chi connectivity index (χ3v) is 5.21. The minimum Gasteiger partial charge on any atom is -0.494 e. The van der Waals surface area contributed by atoms with Gasteiger partial charge in [0.05, 0.1) is 6.61 Å². The van der Waals surface area contributed by atoms with Crippen molar-refractivity contribution in [3.8, 4) is 5.75 Å². The second-order valence-corrected chi connectivity index (χ2v) is 7.69. The highest BCUT2D eigenvalue weighted by Gasteiger charge is 2.20. The van der Waals surface area contributed by atoms with E-state index >= 15 is 0 Å². The molecule has 1 aromatic carbocycles. The second-order valence-electron chi connectivity index (χ2n) is 7.69. The number of hydrogen-bond acceptors (Lipinski definition) is 4. The van der Waals surface area contributed by atoms with Crippen LogP contribution in [-0.4, -0.2) is 55.1 Å². The third-order valence-electron chi connectivity index (χ3n) is 5.21. The van der Waals surface area contributed by atoms with Gasteiger partial charge in [-0.1, -0.05) is 12.1 Å². The fourth-order valence-electron chi connectivity index (χ4n) is 3.66. The molecule has 1 aliphatic heterocycles. The molecule has 3 rings (SSSR count). The summed E-state index contributed by atoms with van der Waals surface area (Å²) in [5.41, 5.74) is 2.50. The molecule has 1 saturated heterocycles. The second kappa shape index (κ2) is 9.72. The van der Waals surface area contributed by atoms with Crippen molar-refractivity contribution in [1.29, 1.82) is 0 Å². The summed E-state index contributed by atoms with van der Waals surface area (Å²) in [7, 11) is 4.16. The molecule has 5 heteroatoms. The minimum atomic E-state index is -0.000970. The summed E-state index contributed by atoms with van der Waals surface area (Å²) >= 11 is 0. The fourth-order valence-corrected chi connectivity index (χ4v) is 3.66. The molecule has 0 amide bonds. The van der Waals surface area contributed by atoms with Crippen molar-refractivity contribution in [2.75, 3.05) is 40.3 Å². The molecule has 27 heavy (non-hydrogen) atoms. The van der Waals surface area contributed by atoms with Gasteiger partial charge in [0.2, 0.25) is 5.56 Å². The molecule has 0 aliphatic carbocycles. The van der Waals surface area contributed by atoms with Gasteiger partial charge in [0.25, 0.3) is 0 Å². The Kier molecular flexibility index (Phi) is 7.07. The third kappa shape index (κ3) is 6.22. The summed E-state index contributed by atoms with van der Waals surface area (Å²) in [5, 5.41) is 0. The Bertz CT molecular complexity index is 747. The largest absolute Gasteiger partial charge is 0.494 e. The van der Waals surface area contributed by atoms with Crippen molar-refractivity contribution in [2.24, 2.45) is 0 Å². The molecule has 0 saturated carbocycles. The van der Waals surface area contributed by atoms with Gasteiger partial charge in [0.1, 0.15) is 5.75 Å². The Morgan fingerprint density at radius 2 is 1.89 bits per heavy atom. The summed E-state index contributed by atoms with van der Waals surface area (Å²) in [6.07, 6.45) is 5.01. The zero-order valence-electron chi connectivity index (χ0n) is 16.5. The molecular formula is C22H31N3O2. The zero-order valence-corrected chi connectivity index (χ0v) is 16.5. The van der Waals surface area contributed by atoms with E-state index < -0.39 is 0 Å². The van der Waals surface area contributed by atoms with Crippen molar-refractivity contribution in [2.45, 2.75) is 31.7 Å². The quantitative estimate of drug-likeness (QED) is 0.727. The van der Waals surface area contributed by atoms with Crippen molar-refractivity contribution in [3.05, 3.63) is 64.1 Å². The van der Waals surface area contributed by atoms with Gasteiger partial charge < -0.3 is 14.6 Å². The monoisotopic (exact) mass is 369 g/mol. The van der Waals surface area contributed by atoms with Crippen LogP contribution in [0.1, 0.15) is 36.3 Å². The van der Waals surface area contributed by atoms with Gasteiger partial charge in [0.15, 0.2) is 0 Å². The van der Waals surface area contributed by atoms with E-state index in [1.807, 2.05) is 6.07 Å². The van der Waals surface area contributed by atoms with Crippen LogP contribution in [0.25, 0.3) is 0 Å². The van der Waals surface area contributed by atoms with Gasteiger partial charge in [-0.25, -0.2) is 0 Å². The molecule has 146 valence electrons. The molecule has 0 spiro atoms. The number of benzene rings is 1. The van der Waals surface area contributed by atoms with Gasteiger partial charge in [-0.15, -0.1) is 0 Å². The first-order valence-electron chi connectivity index (χ1n) is 9.87. The fraction of sp³-hybridized carbons (Fsp3) is 0.500. The maximum atomic E-state index is 11.5. The number of nitrogens with zero attached hydrogens (tertiary/aromatic N) is 2. The van der Waals surface area contributed by atoms with E-state index in [4.69, 9.17) is 4.74 Å². The number of aromatic nitrogens is 1. The number of H-pyrrole nitrogens is 1. The topological polar surface area (TPSA) is 48.6 Å². The van der Waals surface area contributed by atoms with Crippen LogP contribution in [0.15, 0.2) is 47.4 Å². The van der Waals surface area contributed by atoms with Gasteiger partial charge >= 0.3 is 0 Å². The maximum Gasteiger partial charge on any atom is 0.248 e. The van der Waals surface area contributed by atoms with E-state index in [1.54, 1.807) is 12.3 Å². The van der Waals surface area contributed by atoms with E-state index in [0.717, 1.165) is 57.8 Å². The minimum absolute atomic E-state index is 0.000970. The van der Waals surface area contributed by atoms with E-state index in [1.165, 1.54) is 11.1 Å². The molecule has 0 unspecified atom stereocenters. The number of aromatic amines is 1. The van der Waals surface area contributed by atoms with Crippen molar-refractivity contribution >= 4 is 0 Å². The maximum absolute atomic E-state index is 11.5. The van der Waals surface area contributed by atoms with E-state index in [2.05, 4.69) is 53.1 Å². The van der Waals surface area contributed by atoms with Crippen molar-refractivity contribution in [1.82, 2.24) is 14.8 Å². The smallest absolute Gasteiger partial charge is 0.248 e. The molecule has 0 bridgehead atoms. The Labute approximate surface area is 162 Å². The van der Waals surface area contributed by atoms with Gasteiger partial charge in [-0.2, -0.15) is 0 Å². The van der Waals surface area contributed by atoms with Crippen LogP contribution in [0.3, 0.4) is 0 Å². The number of rotatable bonds is 8. The van der Waals surface area contributed by atoms with Crippen LogP contribution in [0.4, 0.5) is 0 Å². The lowest BCUT2D eigenvalue weighted by molar-refractivity contribution is 0.204. The normalized spacial score (nSPS) is 16.0. The summed E-state index contributed by atoms with van der Waals surface area (Å²) in [4.78, 5) is 18.9. The molecule has 1 fully saturated rings. The SMILES string of the molecule is CN(C)CCCOc1ccc(CN2CCC(c3cc[nH]c(=O)c3)CC2)cc1. The molecular weight excluding hydrogens is 338 g/mol. The molecule has 1 aliphatic rings. The predicted octanol–water partition coefficient (Wildman–Crippen LogP) is 3.09. The molecule has 0 atom stereocenters. The Balaban J connectivity index is 1.43. The summed E-state index contributed by atoms with van der Waals surface area (Å²) < 4.78 is 5.81. The lowest BCUT2D eigenvalue weighted by atomic mass is 9.90. The number of hydrogen-bond donors (Lipinski definition) is 1. The number of pyridine rings is 1. The molecule has 5 nitrogen and oxygen atoms in total. The van der Waals surface area contributed by atoms with Crippen LogP contribution >= 0.6 is 0 Å². The first kappa shape index (κ1) is 19.6. The Hall–Kier alpha value is -2.11. The van der Waals surface area contributed by atoms with Crippen molar-refractivity contribution in [3.63, 3.8) is 0 Å². The number of likely N-dealkylation sites (tertiary alicyclic amines) is 1. The summed E-state index contributed by atoms with van der Waals surface area (Å²) in [5.74, 6) is 1.45. The van der Waals surface area contributed by atoms with E-state index in [0.29, 0.717) is 5.92 Å². The van der Waals surface area contributed by atoms with Crippen LogP contribution in [-0.2, 0) is 6.54 Å². The van der Waals surface area contributed by atoms with Crippen LogP contribution in [0.5, 0.6) is 5.75 Å². The highest BCUT2D eigenvalue weighted by atomic mass is 16.5. The first-order valence-corrected chi connectivity index (χ1v) is 9.87. The molecule has 1 aromatic heterocycles. The van der Waals surface area contributed by atoms with Crippen molar-refractivity contribution < 1.29 is 4.74 Å². The van der Waals surface area contributed by atoms with Crippen LogP contribution in [0.2, 0.25) is 0 Å². The summed E-state index contributed by atoms with van der Waals surface area (Å²) in [6, 6.07) is 12.3. The van der Waals surface area contributed by atoms with Gasteiger partial charge in [-0.3, -0.25) is 9.69 Å². The highest BCUT2D eigenvalue weighted by Crippen LogP contribution is 2.27. The number of nitrogens with one attached hydrogen (secondary N) is 1. The number of piperidine rings is 1. The average molecular weight is 370 g/mol. The standard InChI is InChI=1S/C22H31N3O2/c1-24(2)12-3-15-27-21-6-4-18(5-7-21)17-25-13-9-19(10-14-25)20-8-11-23-22(26)16-20/h4-8,11,16,19H,3,9-10,12-15,17H2,1-2H3,(H,23,26). The molecule has 0 radical (unpaired) electrons. The zero-order chi connectivity index (χ0) is 19.1. The number of ether oxygens (including phenoxy) is 1. The lowest BCUT2D eigenvalue weighted by Gasteiger charge is -2.32. The first-order chi connectivity index (χ1) is 13.1. The predicted molar refractivity (Wildman–Crippen MR) is 109 cm³/mol. The Morgan fingerprint density at radius 1 is 1.15 bits per heavy atom. The van der Waals surface area contributed by atoms with E-state index in [-0.39, 0.29) is 5.56 Å². The molecule has 1 N–H and O–H groups in total. The van der Waals surface area contributed by atoms with Crippen LogP contribution in [0, 0.1) is 0 Å². The van der Waals surface area contributed by atoms with Crippen LogP contribution < -0.4 is 10.3 Å². The van der Waals surface area contributed by atoms with Gasteiger partial charge in [0, 0.05) is 25.4 Å². The molecule has 2 aromatic rings. The highest BCUT2D eigenvalue weighted by molar-refractivity contribution is 5.27. The summed E-state index contributed by atoms with van der Waals surface area (Å²) in [6.45, 7) is 4.92. The molecule has 2 heterocycles. The average Bonchev–Trinajstić information content (AvgIpc) is 2.67. The van der Waals surface area contributed by atoms with E-state index in [9.17, 15) is 4.79 Å².